The molecule has 1 heterocycles. The van der Waals surface area contributed by atoms with Crippen molar-refractivity contribution in [2.45, 2.75) is 31.1 Å². The summed E-state index contributed by atoms with van der Waals surface area (Å²) in [5.74, 6) is -3.36. The number of para-hydroxylation sites is 2. The first kappa shape index (κ1) is 23.5. The normalized spacial score (nSPS) is 19.8. The predicted octanol–water partition coefficient (Wildman–Crippen LogP) is 3.60. The van der Waals surface area contributed by atoms with E-state index in [0.29, 0.717) is 35.4 Å². The fourth-order valence-corrected chi connectivity index (χ4v) is 3.63. The SMILES string of the molecule is CN1C(=O)[C@@H](NC2CCc3c(F)cc(F)cc32)COc2ccccc21.O=C(O)C(F)(F)F. The molecular weight excluding hydrogens is 439 g/mol. The minimum absolute atomic E-state index is 0.129. The largest absolute Gasteiger partial charge is 0.490 e. The van der Waals surface area contributed by atoms with E-state index in [4.69, 9.17) is 14.6 Å². The molecule has 11 heteroatoms. The van der Waals surface area contributed by atoms with Crippen molar-refractivity contribution in [3.05, 3.63) is 59.2 Å². The van der Waals surface area contributed by atoms with Crippen LogP contribution in [0.2, 0.25) is 0 Å². The summed E-state index contributed by atoms with van der Waals surface area (Å²) in [4.78, 5) is 23.2. The number of benzene rings is 2. The third kappa shape index (κ3) is 4.98. The minimum Gasteiger partial charge on any atom is -0.489 e. The number of hydrogen-bond donors (Lipinski definition) is 2. The first-order chi connectivity index (χ1) is 15.0. The van der Waals surface area contributed by atoms with E-state index in [-0.39, 0.29) is 18.6 Å². The lowest BCUT2D eigenvalue weighted by atomic mass is 10.1. The molecule has 0 saturated heterocycles. The van der Waals surface area contributed by atoms with E-state index in [2.05, 4.69) is 5.32 Å². The maximum Gasteiger partial charge on any atom is 0.490 e. The van der Waals surface area contributed by atoms with E-state index in [9.17, 15) is 26.7 Å². The van der Waals surface area contributed by atoms with Crippen LogP contribution in [0.15, 0.2) is 36.4 Å². The van der Waals surface area contributed by atoms with Crippen molar-refractivity contribution in [1.29, 1.82) is 0 Å². The fraction of sp³-hybridized carbons (Fsp3) is 0.333. The standard InChI is InChI=1S/C19H18F2N2O2.C2HF3O2/c1-23-17-4-2-3-5-18(17)25-10-16(19(23)24)22-15-7-6-12-13(15)8-11(20)9-14(12)21;3-2(4,5)1(6)7/h2-5,8-9,15-16,22H,6-7,10H2,1H3;(H,6,7)/t15?,16-;/m0./s1. The topological polar surface area (TPSA) is 78.9 Å². The molecule has 1 aliphatic heterocycles. The van der Waals surface area contributed by atoms with Gasteiger partial charge in [-0.15, -0.1) is 0 Å². The minimum atomic E-state index is -5.08. The van der Waals surface area contributed by atoms with Gasteiger partial charge in [0, 0.05) is 19.2 Å². The van der Waals surface area contributed by atoms with Crippen LogP contribution in [0.1, 0.15) is 23.6 Å². The van der Waals surface area contributed by atoms with Gasteiger partial charge in [-0.2, -0.15) is 13.2 Å². The molecule has 0 aromatic heterocycles. The first-order valence-corrected chi connectivity index (χ1v) is 9.52. The highest BCUT2D eigenvalue weighted by Crippen LogP contribution is 2.35. The lowest BCUT2D eigenvalue weighted by Crippen LogP contribution is -2.48. The molecule has 2 N–H and O–H groups in total. The summed E-state index contributed by atoms with van der Waals surface area (Å²) >= 11 is 0. The number of carboxylic acid groups (broad SMARTS) is 1. The number of carbonyl (C=O) groups is 2. The van der Waals surface area contributed by atoms with Crippen molar-refractivity contribution in [2.75, 3.05) is 18.6 Å². The number of rotatable bonds is 2. The van der Waals surface area contributed by atoms with Crippen LogP contribution in [0, 0.1) is 11.6 Å². The van der Waals surface area contributed by atoms with Gasteiger partial charge in [-0.25, -0.2) is 13.6 Å². The average molecular weight is 458 g/mol. The number of fused-ring (bicyclic) bond motifs is 2. The third-order valence-electron chi connectivity index (χ3n) is 5.16. The number of anilines is 1. The molecule has 0 fully saturated rings. The molecule has 6 nitrogen and oxygen atoms in total. The Hall–Kier alpha value is -3.21. The summed E-state index contributed by atoms with van der Waals surface area (Å²) < 4.78 is 65.0. The van der Waals surface area contributed by atoms with Crippen molar-refractivity contribution in [1.82, 2.24) is 5.32 Å². The molecular formula is C21H19F5N2O4. The van der Waals surface area contributed by atoms with Gasteiger partial charge < -0.3 is 14.7 Å². The molecule has 32 heavy (non-hydrogen) atoms. The van der Waals surface area contributed by atoms with Gasteiger partial charge in [0.15, 0.2) is 0 Å². The van der Waals surface area contributed by atoms with Crippen LogP contribution in [0.3, 0.4) is 0 Å². The number of hydrogen-bond acceptors (Lipinski definition) is 4. The predicted molar refractivity (Wildman–Crippen MR) is 103 cm³/mol. The highest BCUT2D eigenvalue weighted by Gasteiger charge is 2.38. The number of amides is 1. The molecule has 172 valence electrons. The van der Waals surface area contributed by atoms with Crippen LogP contribution in [0.4, 0.5) is 27.6 Å². The number of aliphatic carboxylic acids is 1. The Morgan fingerprint density at radius 2 is 1.84 bits per heavy atom. The summed E-state index contributed by atoms with van der Waals surface area (Å²) in [7, 11) is 1.70. The van der Waals surface area contributed by atoms with Crippen molar-refractivity contribution in [2.24, 2.45) is 0 Å². The molecule has 2 aromatic carbocycles. The summed E-state index contributed by atoms with van der Waals surface area (Å²) in [5, 5.41) is 10.4. The van der Waals surface area contributed by atoms with Gasteiger partial charge in [0.05, 0.1) is 5.69 Å². The monoisotopic (exact) mass is 458 g/mol. The molecule has 2 aromatic rings. The quantitative estimate of drug-likeness (QED) is 0.673. The van der Waals surface area contributed by atoms with Crippen LogP contribution in [0.5, 0.6) is 5.75 Å². The number of nitrogens with zero attached hydrogens (tertiary/aromatic N) is 1. The van der Waals surface area contributed by atoms with Crippen molar-refractivity contribution >= 4 is 17.6 Å². The van der Waals surface area contributed by atoms with E-state index in [1.165, 1.54) is 6.07 Å². The van der Waals surface area contributed by atoms with Crippen molar-refractivity contribution < 1.29 is 41.4 Å². The Bertz CT molecular complexity index is 1030. The highest BCUT2D eigenvalue weighted by molar-refractivity contribution is 5.98. The highest BCUT2D eigenvalue weighted by atomic mass is 19.4. The van der Waals surface area contributed by atoms with Gasteiger partial charge >= 0.3 is 12.1 Å². The number of ether oxygens (including phenoxy) is 1. The summed E-state index contributed by atoms with van der Waals surface area (Å²) in [6.45, 7) is 0.170. The smallest absolute Gasteiger partial charge is 0.489 e. The molecule has 2 aliphatic rings. The van der Waals surface area contributed by atoms with E-state index >= 15 is 0 Å². The van der Waals surface area contributed by atoms with Gasteiger partial charge in [0.25, 0.3) is 0 Å². The number of carbonyl (C=O) groups excluding carboxylic acids is 1. The maximum absolute atomic E-state index is 13.9. The Balaban J connectivity index is 0.000000360. The summed E-state index contributed by atoms with van der Waals surface area (Å²) in [5.41, 5.74) is 1.83. The average Bonchev–Trinajstić information content (AvgIpc) is 3.07. The lowest BCUT2D eigenvalue weighted by Gasteiger charge is -2.24. The van der Waals surface area contributed by atoms with E-state index < -0.39 is 29.8 Å². The number of carboxylic acids is 1. The van der Waals surface area contributed by atoms with Gasteiger partial charge in [-0.1, -0.05) is 12.1 Å². The zero-order valence-electron chi connectivity index (χ0n) is 16.7. The zero-order chi connectivity index (χ0) is 23.6. The Morgan fingerprint density at radius 3 is 2.50 bits per heavy atom. The van der Waals surface area contributed by atoms with Crippen LogP contribution in [-0.2, 0) is 16.0 Å². The summed E-state index contributed by atoms with van der Waals surface area (Å²) in [6.07, 6.45) is -3.94. The van der Waals surface area contributed by atoms with Crippen LogP contribution in [0.25, 0.3) is 0 Å². The second kappa shape index (κ2) is 9.11. The van der Waals surface area contributed by atoms with Gasteiger partial charge in [0.2, 0.25) is 5.91 Å². The number of halogens is 5. The second-order valence-corrected chi connectivity index (χ2v) is 7.24. The summed E-state index contributed by atoms with van der Waals surface area (Å²) in [6, 6.07) is 8.74. The zero-order valence-corrected chi connectivity index (χ0v) is 16.7. The van der Waals surface area contributed by atoms with Gasteiger partial charge in [-0.05, 0) is 42.2 Å². The van der Waals surface area contributed by atoms with Gasteiger partial charge in [0.1, 0.15) is 30.0 Å². The first-order valence-electron chi connectivity index (χ1n) is 9.52. The van der Waals surface area contributed by atoms with Crippen molar-refractivity contribution in [3.63, 3.8) is 0 Å². The van der Waals surface area contributed by atoms with Crippen molar-refractivity contribution in [3.8, 4) is 5.75 Å². The fourth-order valence-electron chi connectivity index (χ4n) is 3.63. The molecule has 1 amide bonds. The molecule has 1 aliphatic carbocycles. The van der Waals surface area contributed by atoms with E-state index in [0.717, 1.165) is 6.07 Å². The van der Waals surface area contributed by atoms with Gasteiger partial charge in [-0.3, -0.25) is 10.1 Å². The number of alkyl halides is 3. The molecule has 0 bridgehead atoms. The Kier molecular flexibility index (Phi) is 6.68. The lowest BCUT2D eigenvalue weighted by molar-refractivity contribution is -0.192. The molecule has 0 radical (unpaired) electrons. The van der Waals surface area contributed by atoms with Crippen LogP contribution < -0.4 is 15.0 Å². The third-order valence-corrected chi connectivity index (χ3v) is 5.16. The molecule has 4 rings (SSSR count). The Labute approximate surface area is 179 Å². The molecule has 0 spiro atoms. The maximum atomic E-state index is 13.9. The van der Waals surface area contributed by atoms with Crippen LogP contribution in [-0.4, -0.2) is 42.9 Å². The molecule has 1 unspecified atom stereocenters. The van der Waals surface area contributed by atoms with E-state index in [1.807, 2.05) is 24.3 Å². The molecule has 0 saturated carbocycles. The molecule has 2 atom stereocenters. The second-order valence-electron chi connectivity index (χ2n) is 7.24. The van der Waals surface area contributed by atoms with E-state index in [1.54, 1.807) is 11.9 Å². The Morgan fingerprint density at radius 1 is 1.19 bits per heavy atom. The van der Waals surface area contributed by atoms with Crippen LogP contribution >= 0.6 is 0 Å². The number of nitrogens with one attached hydrogen (secondary N) is 1. The number of likely N-dealkylation sites (N-methyl/N-ethyl adjacent to an activating group) is 1.